The molecule has 3 nitrogen and oxygen atoms in total. The Morgan fingerprint density at radius 2 is 1.90 bits per heavy atom. The summed E-state index contributed by atoms with van der Waals surface area (Å²) in [5.74, 6) is -0.0909. The van der Waals surface area contributed by atoms with Gasteiger partial charge in [-0.3, -0.25) is 9.69 Å². The minimum absolute atomic E-state index is 0.0909. The molecule has 1 N–H and O–H groups in total. The predicted octanol–water partition coefficient (Wildman–Crippen LogP) is 4.06. The molecule has 110 valence electrons. The van der Waals surface area contributed by atoms with Crippen molar-refractivity contribution in [3.8, 4) is 0 Å². The highest BCUT2D eigenvalue weighted by molar-refractivity contribution is 6.31. The molecule has 5 heteroatoms. The molecule has 0 atom stereocenters. The lowest BCUT2D eigenvalue weighted by molar-refractivity contribution is -0.117. The van der Waals surface area contributed by atoms with Crippen LogP contribution in [0.15, 0.2) is 48.5 Å². The molecule has 0 aliphatic rings. The first-order chi connectivity index (χ1) is 10.0. The first-order valence-corrected chi connectivity index (χ1v) is 7.27. The van der Waals surface area contributed by atoms with Gasteiger partial charge in [-0.2, -0.15) is 0 Å². The molecule has 1 amide bonds. The average Bonchev–Trinajstić information content (AvgIpc) is 2.41. The Hall–Kier alpha value is -1.55. The summed E-state index contributed by atoms with van der Waals surface area (Å²) < 4.78 is 0. The van der Waals surface area contributed by atoms with Crippen LogP contribution >= 0.6 is 23.2 Å². The van der Waals surface area contributed by atoms with Gasteiger partial charge in [0.15, 0.2) is 0 Å². The molecule has 0 saturated carbocycles. The fourth-order valence-corrected chi connectivity index (χ4v) is 2.37. The predicted molar refractivity (Wildman–Crippen MR) is 87.9 cm³/mol. The molecule has 0 unspecified atom stereocenters. The van der Waals surface area contributed by atoms with E-state index < -0.39 is 0 Å². The number of anilines is 1. The number of hydrogen-bond donors (Lipinski definition) is 1. The fourth-order valence-electron chi connectivity index (χ4n) is 1.99. The SMILES string of the molecule is CN(CC(=O)Nc1cccc(Cl)c1)Cc1ccccc1Cl. The van der Waals surface area contributed by atoms with Gasteiger partial charge in [0.1, 0.15) is 0 Å². The van der Waals surface area contributed by atoms with Crippen LogP contribution in [-0.2, 0) is 11.3 Å². The van der Waals surface area contributed by atoms with E-state index in [2.05, 4.69) is 5.32 Å². The van der Waals surface area contributed by atoms with Crippen molar-refractivity contribution in [2.45, 2.75) is 6.54 Å². The second-order valence-electron chi connectivity index (χ2n) is 4.82. The van der Waals surface area contributed by atoms with E-state index in [9.17, 15) is 4.79 Å². The monoisotopic (exact) mass is 322 g/mol. The van der Waals surface area contributed by atoms with Gasteiger partial charge in [-0.15, -0.1) is 0 Å². The Morgan fingerprint density at radius 1 is 1.14 bits per heavy atom. The third-order valence-corrected chi connectivity index (χ3v) is 3.52. The molecular weight excluding hydrogens is 307 g/mol. The summed E-state index contributed by atoms with van der Waals surface area (Å²) in [6.07, 6.45) is 0. The highest BCUT2D eigenvalue weighted by Gasteiger charge is 2.09. The van der Waals surface area contributed by atoms with E-state index in [4.69, 9.17) is 23.2 Å². The molecule has 0 saturated heterocycles. The molecule has 2 rings (SSSR count). The van der Waals surface area contributed by atoms with E-state index in [1.165, 1.54) is 0 Å². The van der Waals surface area contributed by atoms with Crippen LogP contribution in [0.1, 0.15) is 5.56 Å². The number of rotatable bonds is 5. The maximum absolute atomic E-state index is 12.0. The summed E-state index contributed by atoms with van der Waals surface area (Å²) in [5.41, 5.74) is 1.69. The van der Waals surface area contributed by atoms with Crippen LogP contribution in [0.4, 0.5) is 5.69 Å². The number of nitrogens with one attached hydrogen (secondary N) is 1. The van der Waals surface area contributed by atoms with Gasteiger partial charge in [-0.25, -0.2) is 0 Å². The van der Waals surface area contributed by atoms with Crippen molar-refractivity contribution in [1.29, 1.82) is 0 Å². The number of nitrogens with zero attached hydrogens (tertiary/aromatic N) is 1. The van der Waals surface area contributed by atoms with Crippen LogP contribution in [0.3, 0.4) is 0 Å². The van der Waals surface area contributed by atoms with Crippen molar-refractivity contribution in [3.05, 3.63) is 64.1 Å². The number of amides is 1. The quantitative estimate of drug-likeness (QED) is 0.900. The topological polar surface area (TPSA) is 32.3 Å². The van der Waals surface area contributed by atoms with Crippen LogP contribution in [-0.4, -0.2) is 24.4 Å². The van der Waals surface area contributed by atoms with E-state index >= 15 is 0 Å². The summed E-state index contributed by atoms with van der Waals surface area (Å²) in [6, 6.07) is 14.7. The minimum Gasteiger partial charge on any atom is -0.325 e. The molecule has 0 fully saturated rings. The molecular formula is C16H16Cl2N2O. The van der Waals surface area contributed by atoms with Crippen LogP contribution in [0.25, 0.3) is 0 Å². The van der Waals surface area contributed by atoms with Crippen molar-refractivity contribution in [2.24, 2.45) is 0 Å². The molecule has 2 aromatic rings. The molecule has 0 aromatic heterocycles. The minimum atomic E-state index is -0.0909. The third-order valence-electron chi connectivity index (χ3n) is 2.92. The van der Waals surface area contributed by atoms with Gasteiger partial charge in [0, 0.05) is 22.3 Å². The Kier molecular flexibility index (Phi) is 5.62. The zero-order valence-corrected chi connectivity index (χ0v) is 13.2. The Labute approximate surface area is 134 Å². The molecule has 0 aliphatic heterocycles. The highest BCUT2D eigenvalue weighted by Crippen LogP contribution is 2.17. The van der Waals surface area contributed by atoms with E-state index in [1.807, 2.05) is 36.2 Å². The molecule has 0 bridgehead atoms. The maximum Gasteiger partial charge on any atom is 0.238 e. The zero-order valence-electron chi connectivity index (χ0n) is 11.6. The smallest absolute Gasteiger partial charge is 0.238 e. The fraction of sp³-hybridized carbons (Fsp3) is 0.188. The van der Waals surface area contributed by atoms with Crippen LogP contribution in [0.2, 0.25) is 10.0 Å². The van der Waals surface area contributed by atoms with E-state index in [1.54, 1.807) is 24.3 Å². The average molecular weight is 323 g/mol. The molecule has 0 spiro atoms. The van der Waals surface area contributed by atoms with Crippen LogP contribution in [0.5, 0.6) is 0 Å². The number of likely N-dealkylation sites (N-methyl/N-ethyl adjacent to an activating group) is 1. The van der Waals surface area contributed by atoms with Crippen molar-refractivity contribution < 1.29 is 4.79 Å². The van der Waals surface area contributed by atoms with Gasteiger partial charge < -0.3 is 5.32 Å². The first kappa shape index (κ1) is 15.8. The van der Waals surface area contributed by atoms with Gasteiger partial charge in [-0.1, -0.05) is 47.5 Å². The van der Waals surface area contributed by atoms with E-state index in [-0.39, 0.29) is 12.5 Å². The number of benzene rings is 2. The largest absolute Gasteiger partial charge is 0.325 e. The van der Waals surface area contributed by atoms with Gasteiger partial charge in [0.2, 0.25) is 5.91 Å². The van der Waals surface area contributed by atoms with Crippen molar-refractivity contribution in [3.63, 3.8) is 0 Å². The molecule has 0 heterocycles. The number of halogens is 2. The van der Waals surface area contributed by atoms with Crippen molar-refractivity contribution in [1.82, 2.24) is 4.90 Å². The lowest BCUT2D eigenvalue weighted by atomic mass is 10.2. The van der Waals surface area contributed by atoms with Crippen LogP contribution in [0, 0.1) is 0 Å². The highest BCUT2D eigenvalue weighted by atomic mass is 35.5. The third kappa shape index (κ3) is 5.05. The normalized spacial score (nSPS) is 10.7. The maximum atomic E-state index is 12.0. The lowest BCUT2D eigenvalue weighted by Crippen LogP contribution is -2.29. The molecule has 0 radical (unpaired) electrons. The molecule has 0 aliphatic carbocycles. The Bertz CT molecular complexity index is 631. The van der Waals surface area contributed by atoms with E-state index in [0.717, 1.165) is 5.56 Å². The zero-order chi connectivity index (χ0) is 15.2. The number of carbonyl (C=O) groups is 1. The Morgan fingerprint density at radius 3 is 2.62 bits per heavy atom. The summed E-state index contributed by atoms with van der Waals surface area (Å²) in [6.45, 7) is 0.889. The molecule has 2 aromatic carbocycles. The Balaban J connectivity index is 1.89. The summed E-state index contributed by atoms with van der Waals surface area (Å²) in [7, 11) is 1.88. The first-order valence-electron chi connectivity index (χ1n) is 6.52. The number of carbonyl (C=O) groups excluding carboxylic acids is 1. The second kappa shape index (κ2) is 7.46. The van der Waals surface area contributed by atoms with Crippen molar-refractivity contribution in [2.75, 3.05) is 18.9 Å². The van der Waals surface area contributed by atoms with Crippen molar-refractivity contribution >= 4 is 34.8 Å². The second-order valence-corrected chi connectivity index (χ2v) is 5.67. The lowest BCUT2D eigenvalue weighted by Gasteiger charge is -2.17. The van der Waals surface area contributed by atoms with Gasteiger partial charge >= 0.3 is 0 Å². The summed E-state index contributed by atoms with van der Waals surface area (Å²) in [4.78, 5) is 13.9. The van der Waals surface area contributed by atoms with Gasteiger partial charge in [0.05, 0.1) is 6.54 Å². The van der Waals surface area contributed by atoms with Gasteiger partial charge in [-0.05, 0) is 36.9 Å². The molecule has 21 heavy (non-hydrogen) atoms. The van der Waals surface area contributed by atoms with Gasteiger partial charge in [0.25, 0.3) is 0 Å². The van der Waals surface area contributed by atoms with Crippen LogP contribution < -0.4 is 5.32 Å². The number of hydrogen-bond acceptors (Lipinski definition) is 2. The van der Waals surface area contributed by atoms with E-state index in [0.29, 0.717) is 22.3 Å². The summed E-state index contributed by atoms with van der Waals surface area (Å²) in [5, 5.41) is 4.12. The standard InChI is InChI=1S/C16H16Cl2N2O/c1-20(10-12-5-2-3-8-15(12)18)11-16(21)19-14-7-4-6-13(17)9-14/h2-9H,10-11H2,1H3,(H,19,21). The summed E-state index contributed by atoms with van der Waals surface area (Å²) >= 11 is 12.0.